The third-order valence-electron chi connectivity index (χ3n) is 4.06. The van der Waals surface area contributed by atoms with Crippen molar-refractivity contribution in [1.82, 2.24) is 10.7 Å². The van der Waals surface area contributed by atoms with Crippen LogP contribution in [0.4, 0.5) is 0 Å². The van der Waals surface area contributed by atoms with Crippen LogP contribution in [0.1, 0.15) is 36.7 Å². The number of nitrogens with one attached hydrogen (secondary N) is 2. The lowest BCUT2D eigenvalue weighted by atomic mass is 10.0. The molecule has 3 N–H and O–H groups in total. The monoisotopic (exact) mass is 543 g/mol. The van der Waals surface area contributed by atoms with Gasteiger partial charge in [-0.3, -0.25) is 9.59 Å². The van der Waals surface area contributed by atoms with Crippen LogP contribution >= 0.6 is 34.2 Å². The minimum Gasteiger partial charge on any atom is -0.504 e. The molecule has 9 heteroatoms. The maximum absolute atomic E-state index is 12.6. The topological polar surface area (TPSA) is 100 Å². The molecular formula is C21H23ClIN3O4. The number of aromatic hydroxyl groups is 1. The molecule has 0 aliphatic heterocycles. The predicted molar refractivity (Wildman–Crippen MR) is 125 cm³/mol. The summed E-state index contributed by atoms with van der Waals surface area (Å²) in [6, 6.07) is 9.03. The van der Waals surface area contributed by atoms with E-state index in [0.717, 1.165) is 0 Å². The Hall–Kier alpha value is -2.33. The number of amides is 2. The van der Waals surface area contributed by atoms with Gasteiger partial charge in [-0.1, -0.05) is 31.5 Å². The highest BCUT2D eigenvalue weighted by atomic mass is 127. The molecule has 160 valence electrons. The molecule has 0 fully saturated rings. The Morgan fingerprint density at radius 1 is 1.30 bits per heavy atom. The van der Waals surface area contributed by atoms with Gasteiger partial charge in [0.25, 0.3) is 11.8 Å². The average Bonchev–Trinajstić information content (AvgIpc) is 2.69. The molecule has 0 saturated carbocycles. The van der Waals surface area contributed by atoms with Crippen LogP contribution in [0, 0.1) is 9.49 Å². The van der Waals surface area contributed by atoms with Gasteiger partial charge in [0, 0.05) is 10.6 Å². The molecule has 0 heterocycles. The van der Waals surface area contributed by atoms with Crippen LogP contribution in [0.3, 0.4) is 0 Å². The summed E-state index contributed by atoms with van der Waals surface area (Å²) in [5, 5.41) is 17.1. The zero-order valence-corrected chi connectivity index (χ0v) is 19.7. The quantitative estimate of drug-likeness (QED) is 0.267. The first-order valence-corrected chi connectivity index (χ1v) is 10.7. The van der Waals surface area contributed by atoms with Gasteiger partial charge in [0.05, 0.1) is 16.4 Å². The summed E-state index contributed by atoms with van der Waals surface area (Å²) >= 11 is 7.91. The zero-order valence-electron chi connectivity index (χ0n) is 16.8. The lowest BCUT2D eigenvalue weighted by molar-refractivity contribution is -0.123. The highest BCUT2D eigenvalue weighted by Gasteiger charge is 2.24. The third-order valence-corrected chi connectivity index (χ3v) is 5.12. The van der Waals surface area contributed by atoms with E-state index >= 15 is 0 Å². The summed E-state index contributed by atoms with van der Waals surface area (Å²) in [5.41, 5.74) is 3.46. The van der Waals surface area contributed by atoms with Crippen LogP contribution in [0.15, 0.2) is 41.5 Å². The van der Waals surface area contributed by atoms with Gasteiger partial charge >= 0.3 is 0 Å². The normalized spacial score (nSPS) is 12.1. The molecule has 2 aromatic rings. The molecule has 0 aliphatic rings. The van der Waals surface area contributed by atoms with Crippen LogP contribution < -0.4 is 15.5 Å². The van der Waals surface area contributed by atoms with E-state index in [4.69, 9.17) is 16.3 Å². The summed E-state index contributed by atoms with van der Waals surface area (Å²) in [6.07, 6.45) is 1.44. The number of phenols is 1. The van der Waals surface area contributed by atoms with Crippen molar-refractivity contribution in [3.63, 3.8) is 0 Å². The Bertz CT molecular complexity index is 950. The first kappa shape index (κ1) is 23.9. The maximum Gasteiger partial charge on any atom is 0.262 e. The van der Waals surface area contributed by atoms with Crippen molar-refractivity contribution in [1.29, 1.82) is 0 Å². The number of carbonyl (C=O) groups is 2. The van der Waals surface area contributed by atoms with Crippen LogP contribution in [0.2, 0.25) is 5.02 Å². The van der Waals surface area contributed by atoms with Gasteiger partial charge in [-0.05, 0) is 71.3 Å². The van der Waals surface area contributed by atoms with E-state index < -0.39 is 17.9 Å². The van der Waals surface area contributed by atoms with E-state index in [1.165, 1.54) is 12.3 Å². The van der Waals surface area contributed by atoms with Gasteiger partial charge in [-0.15, -0.1) is 0 Å². The number of phenolic OH excluding ortho intramolecular Hbond substituents is 1. The third kappa shape index (κ3) is 6.60. The second-order valence-corrected chi connectivity index (χ2v) is 8.32. The van der Waals surface area contributed by atoms with E-state index in [1.54, 1.807) is 30.3 Å². The fourth-order valence-electron chi connectivity index (χ4n) is 2.56. The standard InChI is InChI=1S/C21H23ClIN3O4/c1-4-30-17-9-13(8-16(23)19(17)27)11-24-26-21(29)18(12(2)3)25-20(28)14-6-5-7-15(22)10-14/h5-12,18,27H,4H2,1-3H3,(H,25,28)(H,26,29)/b24-11+. The zero-order chi connectivity index (χ0) is 22.3. The van der Waals surface area contributed by atoms with Gasteiger partial charge in [0.2, 0.25) is 0 Å². The highest BCUT2D eigenvalue weighted by Crippen LogP contribution is 2.32. The Labute approximate surface area is 194 Å². The number of hydrogen-bond donors (Lipinski definition) is 3. The largest absolute Gasteiger partial charge is 0.504 e. The lowest BCUT2D eigenvalue weighted by Gasteiger charge is -2.20. The van der Waals surface area contributed by atoms with E-state index in [-0.39, 0.29) is 11.7 Å². The summed E-state index contributed by atoms with van der Waals surface area (Å²) in [4.78, 5) is 25.0. The first-order valence-electron chi connectivity index (χ1n) is 9.27. The molecule has 30 heavy (non-hydrogen) atoms. The van der Waals surface area contributed by atoms with Gasteiger partial charge in [-0.25, -0.2) is 5.43 Å². The lowest BCUT2D eigenvalue weighted by Crippen LogP contribution is -2.48. The van der Waals surface area contributed by atoms with Crippen molar-refractivity contribution in [2.75, 3.05) is 6.61 Å². The molecule has 7 nitrogen and oxygen atoms in total. The number of hydrogen-bond acceptors (Lipinski definition) is 5. The Morgan fingerprint density at radius 2 is 2.03 bits per heavy atom. The molecular weight excluding hydrogens is 521 g/mol. The van der Waals surface area contributed by atoms with Crippen molar-refractivity contribution >= 4 is 52.2 Å². The molecule has 0 spiro atoms. The van der Waals surface area contributed by atoms with Crippen LogP contribution in [-0.2, 0) is 4.79 Å². The van der Waals surface area contributed by atoms with Crippen molar-refractivity contribution in [3.05, 3.63) is 56.1 Å². The summed E-state index contributed by atoms with van der Waals surface area (Å²) in [5.74, 6) is -0.615. The van der Waals surface area contributed by atoms with Gasteiger partial charge in [0.15, 0.2) is 11.5 Å². The SMILES string of the molecule is CCOc1cc(/C=N/NC(=O)C(NC(=O)c2cccc(Cl)c2)C(C)C)cc(I)c1O. The number of ether oxygens (including phenoxy) is 1. The fraction of sp³-hybridized carbons (Fsp3) is 0.286. The molecule has 1 unspecified atom stereocenters. The number of hydrazone groups is 1. The molecule has 2 rings (SSSR count). The number of nitrogens with zero attached hydrogens (tertiary/aromatic N) is 1. The Balaban J connectivity index is 2.07. The van der Waals surface area contributed by atoms with Crippen LogP contribution in [0.5, 0.6) is 11.5 Å². The summed E-state index contributed by atoms with van der Waals surface area (Å²) in [6.45, 7) is 5.87. The van der Waals surface area contributed by atoms with E-state index in [1.807, 2.05) is 43.4 Å². The molecule has 0 saturated heterocycles. The van der Waals surface area contributed by atoms with Crippen molar-refractivity contribution < 1.29 is 19.4 Å². The number of benzene rings is 2. The predicted octanol–water partition coefficient (Wildman–Crippen LogP) is 3.95. The molecule has 2 amide bonds. The molecule has 0 aromatic heterocycles. The van der Waals surface area contributed by atoms with Crippen molar-refractivity contribution in [3.8, 4) is 11.5 Å². The highest BCUT2D eigenvalue weighted by molar-refractivity contribution is 14.1. The second kappa shape index (κ2) is 11.2. The van der Waals surface area contributed by atoms with Gasteiger partial charge in [-0.2, -0.15) is 5.10 Å². The molecule has 0 aliphatic carbocycles. The molecule has 2 aromatic carbocycles. The first-order chi connectivity index (χ1) is 14.2. The fourth-order valence-corrected chi connectivity index (χ4v) is 3.38. The van der Waals surface area contributed by atoms with Crippen LogP contribution in [-0.4, -0.2) is 35.8 Å². The minimum absolute atomic E-state index is 0.0576. The Kier molecular flexibility index (Phi) is 8.91. The number of halogens is 2. The van der Waals surface area contributed by atoms with Gasteiger partial charge < -0.3 is 15.2 Å². The average molecular weight is 544 g/mol. The maximum atomic E-state index is 12.6. The Morgan fingerprint density at radius 3 is 2.67 bits per heavy atom. The van der Waals surface area contributed by atoms with Gasteiger partial charge in [0.1, 0.15) is 6.04 Å². The van der Waals surface area contributed by atoms with E-state index in [2.05, 4.69) is 15.8 Å². The minimum atomic E-state index is -0.785. The van der Waals surface area contributed by atoms with E-state index in [0.29, 0.717) is 32.1 Å². The second-order valence-electron chi connectivity index (χ2n) is 6.72. The summed E-state index contributed by atoms with van der Waals surface area (Å²) in [7, 11) is 0. The molecule has 0 bridgehead atoms. The smallest absolute Gasteiger partial charge is 0.262 e. The molecule has 0 radical (unpaired) electrons. The number of carbonyl (C=O) groups excluding carboxylic acids is 2. The number of rotatable bonds is 8. The van der Waals surface area contributed by atoms with Crippen molar-refractivity contribution in [2.45, 2.75) is 26.8 Å². The van der Waals surface area contributed by atoms with E-state index in [9.17, 15) is 14.7 Å². The van der Waals surface area contributed by atoms with Crippen molar-refractivity contribution in [2.24, 2.45) is 11.0 Å². The summed E-state index contributed by atoms with van der Waals surface area (Å²) < 4.78 is 5.99. The molecule has 1 atom stereocenters. The van der Waals surface area contributed by atoms with Crippen LogP contribution in [0.25, 0.3) is 0 Å².